The molecule has 0 N–H and O–H groups in total. The average Bonchev–Trinajstić information content (AvgIpc) is 3.25. The maximum Gasteiger partial charge on any atom is 0.243 e. The van der Waals surface area contributed by atoms with Gasteiger partial charge in [0.1, 0.15) is 5.72 Å². The Morgan fingerprint density at radius 1 is 1.06 bits per heavy atom. The molecule has 1 aromatic carbocycles. The van der Waals surface area contributed by atoms with E-state index in [9.17, 15) is 13.2 Å². The lowest BCUT2D eigenvalue weighted by Gasteiger charge is -2.43. The van der Waals surface area contributed by atoms with Crippen LogP contribution in [0.5, 0.6) is 0 Å². The first-order chi connectivity index (χ1) is 14.8. The lowest BCUT2D eigenvalue weighted by Crippen LogP contribution is -2.54. The van der Waals surface area contributed by atoms with Crippen molar-refractivity contribution in [2.45, 2.75) is 94.2 Å². The van der Waals surface area contributed by atoms with Crippen LogP contribution in [0.15, 0.2) is 29.2 Å². The van der Waals surface area contributed by atoms with E-state index in [2.05, 4.69) is 4.90 Å². The number of aryl methyl sites for hydroxylation is 1. The molecule has 2 aliphatic heterocycles. The fourth-order valence-electron chi connectivity index (χ4n) is 5.79. The first-order valence-corrected chi connectivity index (χ1v) is 13.3. The lowest BCUT2D eigenvalue weighted by molar-refractivity contribution is -0.155. The normalized spacial score (nSPS) is 25.5. The van der Waals surface area contributed by atoms with Crippen molar-refractivity contribution < 1.29 is 17.9 Å². The number of carbonyl (C=O) groups is 1. The Bertz CT molecular complexity index is 893. The topological polar surface area (TPSA) is 66.9 Å². The Labute approximate surface area is 187 Å². The summed E-state index contributed by atoms with van der Waals surface area (Å²) in [5, 5.41) is 0. The minimum absolute atomic E-state index is 0.179. The third kappa shape index (κ3) is 4.16. The first kappa shape index (κ1) is 22.7. The molecule has 1 spiro atoms. The van der Waals surface area contributed by atoms with E-state index in [0.29, 0.717) is 31.0 Å². The van der Waals surface area contributed by atoms with Crippen molar-refractivity contribution in [3.63, 3.8) is 0 Å². The SMILES string of the molecule is CCN(CCCCC12CCC(=O)N1C1(CCCCC1)OC2)S(=O)(=O)c1ccc(C)cc1. The summed E-state index contributed by atoms with van der Waals surface area (Å²) in [7, 11) is -3.47. The van der Waals surface area contributed by atoms with Crippen molar-refractivity contribution >= 4 is 15.9 Å². The summed E-state index contributed by atoms with van der Waals surface area (Å²) in [5.74, 6) is 0.247. The quantitative estimate of drug-likeness (QED) is 0.558. The largest absolute Gasteiger partial charge is 0.353 e. The molecule has 2 saturated heterocycles. The number of ether oxygens (including phenoxy) is 1. The molecule has 1 aromatic rings. The molecule has 1 amide bonds. The molecule has 7 heteroatoms. The molecule has 1 saturated carbocycles. The van der Waals surface area contributed by atoms with Gasteiger partial charge in [0.25, 0.3) is 0 Å². The van der Waals surface area contributed by atoms with Crippen molar-refractivity contribution in [1.82, 2.24) is 9.21 Å². The van der Waals surface area contributed by atoms with Crippen LogP contribution in [0.25, 0.3) is 0 Å². The lowest BCUT2D eigenvalue weighted by atomic mass is 9.87. The number of fused-ring (bicyclic) bond motifs is 2. The smallest absolute Gasteiger partial charge is 0.243 e. The van der Waals surface area contributed by atoms with Crippen LogP contribution in [0.2, 0.25) is 0 Å². The molecule has 4 rings (SSSR count). The summed E-state index contributed by atoms with van der Waals surface area (Å²) < 4.78 is 33.9. The molecular weight excluding hydrogens is 412 g/mol. The Hall–Kier alpha value is -1.44. The summed E-state index contributed by atoms with van der Waals surface area (Å²) in [5.41, 5.74) is 0.503. The number of hydrogen-bond acceptors (Lipinski definition) is 4. The van der Waals surface area contributed by atoms with E-state index >= 15 is 0 Å². The highest BCUT2D eigenvalue weighted by molar-refractivity contribution is 7.89. The Morgan fingerprint density at radius 3 is 2.45 bits per heavy atom. The van der Waals surface area contributed by atoms with Crippen molar-refractivity contribution in [1.29, 1.82) is 0 Å². The standard InChI is InChI=1S/C24H36N2O4S/c1-3-25(31(28,29)21-11-9-20(2)10-12-21)18-8-7-14-23-17-13-22(27)26(23)24(30-19-23)15-5-4-6-16-24/h9-12H,3-8,13-19H2,1-2H3. The molecule has 1 atom stereocenters. The van der Waals surface area contributed by atoms with Gasteiger partial charge in [-0.05, 0) is 70.4 Å². The molecule has 0 aromatic heterocycles. The maximum atomic E-state index is 13.0. The van der Waals surface area contributed by atoms with E-state index in [1.807, 2.05) is 26.0 Å². The molecular formula is C24H36N2O4S. The molecule has 1 aliphatic carbocycles. The zero-order valence-corrected chi connectivity index (χ0v) is 19.8. The van der Waals surface area contributed by atoms with Gasteiger partial charge < -0.3 is 9.64 Å². The van der Waals surface area contributed by atoms with Crippen molar-refractivity contribution in [2.75, 3.05) is 19.7 Å². The monoisotopic (exact) mass is 448 g/mol. The van der Waals surface area contributed by atoms with Crippen molar-refractivity contribution in [2.24, 2.45) is 0 Å². The third-order valence-electron chi connectivity index (χ3n) is 7.49. The second kappa shape index (κ2) is 8.83. The summed E-state index contributed by atoms with van der Waals surface area (Å²) in [6.45, 7) is 5.44. The number of carbonyl (C=O) groups excluding carboxylic acids is 1. The molecule has 2 heterocycles. The molecule has 172 valence electrons. The van der Waals surface area contributed by atoms with Crippen LogP contribution in [0.3, 0.4) is 0 Å². The summed E-state index contributed by atoms with van der Waals surface area (Å²) in [4.78, 5) is 15.3. The van der Waals surface area contributed by atoms with E-state index in [-0.39, 0.29) is 17.2 Å². The molecule has 6 nitrogen and oxygen atoms in total. The Morgan fingerprint density at radius 2 is 1.77 bits per heavy atom. The Balaban J connectivity index is 1.37. The zero-order valence-electron chi connectivity index (χ0n) is 18.9. The number of hydrogen-bond donors (Lipinski definition) is 0. The van der Waals surface area contributed by atoms with E-state index in [0.717, 1.165) is 56.9 Å². The molecule has 0 radical (unpaired) electrons. The number of amides is 1. The minimum Gasteiger partial charge on any atom is -0.353 e. The average molecular weight is 449 g/mol. The predicted octanol–water partition coefficient (Wildman–Crippen LogP) is 4.23. The van der Waals surface area contributed by atoms with Gasteiger partial charge in [-0.1, -0.05) is 31.0 Å². The maximum absolute atomic E-state index is 13.0. The summed E-state index contributed by atoms with van der Waals surface area (Å²) in [6, 6.07) is 7.06. The Kier molecular flexibility index (Phi) is 6.48. The second-order valence-corrected chi connectivity index (χ2v) is 11.5. The van der Waals surface area contributed by atoms with Gasteiger partial charge in [-0.3, -0.25) is 4.79 Å². The highest BCUT2D eigenvalue weighted by Crippen LogP contribution is 2.51. The summed E-state index contributed by atoms with van der Waals surface area (Å²) in [6.07, 6.45) is 9.45. The molecule has 0 bridgehead atoms. The first-order valence-electron chi connectivity index (χ1n) is 11.9. The van der Waals surface area contributed by atoms with Crippen molar-refractivity contribution in [3.05, 3.63) is 29.8 Å². The van der Waals surface area contributed by atoms with Gasteiger partial charge in [-0.25, -0.2) is 8.42 Å². The minimum atomic E-state index is -3.47. The van der Waals surface area contributed by atoms with Crippen LogP contribution in [0, 0.1) is 6.92 Å². The highest BCUT2D eigenvalue weighted by atomic mass is 32.2. The zero-order chi connectivity index (χ0) is 22.1. The third-order valence-corrected chi connectivity index (χ3v) is 9.48. The van der Waals surface area contributed by atoms with E-state index in [1.165, 1.54) is 6.42 Å². The van der Waals surface area contributed by atoms with Crippen molar-refractivity contribution in [3.8, 4) is 0 Å². The van der Waals surface area contributed by atoms with Gasteiger partial charge in [0.2, 0.25) is 15.9 Å². The number of rotatable bonds is 8. The van der Waals surface area contributed by atoms with Gasteiger partial charge in [0.15, 0.2) is 0 Å². The molecule has 3 aliphatic rings. The number of sulfonamides is 1. The number of benzene rings is 1. The van der Waals surface area contributed by atoms with Gasteiger partial charge >= 0.3 is 0 Å². The van der Waals surface area contributed by atoms with Crippen LogP contribution in [-0.2, 0) is 19.6 Å². The van der Waals surface area contributed by atoms with Crippen LogP contribution in [-0.4, -0.2) is 54.5 Å². The van der Waals surface area contributed by atoms with Gasteiger partial charge in [0, 0.05) is 19.5 Å². The summed E-state index contributed by atoms with van der Waals surface area (Å²) >= 11 is 0. The molecule has 31 heavy (non-hydrogen) atoms. The fraction of sp³-hybridized carbons (Fsp3) is 0.708. The van der Waals surface area contributed by atoms with Crippen LogP contribution in [0.1, 0.15) is 76.7 Å². The van der Waals surface area contributed by atoms with Gasteiger partial charge in [-0.15, -0.1) is 0 Å². The second-order valence-electron chi connectivity index (χ2n) is 9.52. The van der Waals surface area contributed by atoms with Gasteiger partial charge in [0.05, 0.1) is 17.0 Å². The van der Waals surface area contributed by atoms with E-state index < -0.39 is 10.0 Å². The highest BCUT2D eigenvalue weighted by Gasteiger charge is 2.60. The van der Waals surface area contributed by atoms with Crippen LogP contribution in [0.4, 0.5) is 0 Å². The van der Waals surface area contributed by atoms with E-state index in [1.54, 1.807) is 16.4 Å². The van der Waals surface area contributed by atoms with Gasteiger partial charge in [-0.2, -0.15) is 4.31 Å². The number of nitrogens with zero attached hydrogens (tertiary/aromatic N) is 2. The van der Waals surface area contributed by atoms with Crippen LogP contribution >= 0.6 is 0 Å². The number of unbranched alkanes of at least 4 members (excludes halogenated alkanes) is 1. The fourth-order valence-corrected chi connectivity index (χ4v) is 7.28. The van der Waals surface area contributed by atoms with E-state index in [4.69, 9.17) is 4.74 Å². The molecule has 1 unspecified atom stereocenters. The predicted molar refractivity (Wildman–Crippen MR) is 120 cm³/mol. The molecule has 3 fully saturated rings. The van der Waals surface area contributed by atoms with Crippen LogP contribution < -0.4 is 0 Å².